The lowest BCUT2D eigenvalue weighted by Gasteiger charge is -2.13. The molecule has 0 fully saturated rings. The third-order valence-corrected chi connectivity index (χ3v) is 3.80. The van der Waals surface area contributed by atoms with Gasteiger partial charge in [-0.15, -0.1) is 0 Å². The van der Waals surface area contributed by atoms with Crippen molar-refractivity contribution in [2.75, 3.05) is 30.9 Å². The maximum absolute atomic E-state index is 10.9. The first-order valence-electron chi connectivity index (χ1n) is 8.59. The Kier molecular flexibility index (Phi) is 7.69. The molecule has 2 heterocycles. The second-order valence-electron chi connectivity index (χ2n) is 6.04. The van der Waals surface area contributed by atoms with E-state index in [9.17, 15) is 4.79 Å². The number of carbonyl (C=O) groups excluding carboxylic acids is 1. The van der Waals surface area contributed by atoms with Gasteiger partial charge < -0.3 is 10.2 Å². The van der Waals surface area contributed by atoms with Crippen LogP contribution in [0.2, 0.25) is 0 Å². The van der Waals surface area contributed by atoms with E-state index in [0.717, 1.165) is 38.0 Å². The highest BCUT2D eigenvalue weighted by Gasteiger charge is 2.10. The van der Waals surface area contributed by atoms with E-state index in [1.807, 2.05) is 25.1 Å². The minimum absolute atomic E-state index is 0.339. The Labute approximate surface area is 152 Å². The number of nitrogens with zero attached hydrogens (tertiary/aromatic N) is 5. The smallest absolute Gasteiger partial charge is 0.243 e. The van der Waals surface area contributed by atoms with E-state index in [0.29, 0.717) is 23.6 Å². The molecule has 0 saturated heterocycles. The lowest BCUT2D eigenvalue weighted by molar-refractivity contribution is -0.129. The van der Waals surface area contributed by atoms with E-state index in [2.05, 4.69) is 25.3 Å². The van der Waals surface area contributed by atoms with Crippen LogP contribution in [0.25, 0.3) is 11.4 Å². The fourth-order valence-corrected chi connectivity index (χ4v) is 2.40. The van der Waals surface area contributed by atoms with Gasteiger partial charge in [-0.1, -0.05) is 12.8 Å². The van der Waals surface area contributed by atoms with E-state index in [1.54, 1.807) is 17.9 Å². The molecule has 0 bridgehead atoms. The Morgan fingerprint density at radius 3 is 2.62 bits per heavy atom. The van der Waals surface area contributed by atoms with Crippen molar-refractivity contribution in [3.8, 4) is 11.4 Å². The molecular weight excluding hydrogens is 334 g/mol. The molecule has 3 N–H and O–H groups in total. The number of rotatable bonds is 10. The molecule has 26 heavy (non-hydrogen) atoms. The maximum Gasteiger partial charge on any atom is 0.243 e. The highest BCUT2D eigenvalue weighted by molar-refractivity contribution is 5.74. The fourth-order valence-electron chi connectivity index (χ4n) is 2.40. The van der Waals surface area contributed by atoms with Crippen LogP contribution in [0.1, 0.15) is 32.1 Å². The summed E-state index contributed by atoms with van der Waals surface area (Å²) in [4.78, 5) is 30.1. The zero-order chi connectivity index (χ0) is 18.8. The van der Waals surface area contributed by atoms with Gasteiger partial charge in [-0.2, -0.15) is 0 Å². The fraction of sp³-hybridized carbons (Fsp3) is 0.471. The topological polar surface area (TPSA) is 116 Å². The number of amides is 1. The van der Waals surface area contributed by atoms with Crippen molar-refractivity contribution in [1.82, 2.24) is 25.4 Å². The van der Waals surface area contributed by atoms with Crippen molar-refractivity contribution in [2.24, 2.45) is 0 Å². The average molecular weight is 359 g/mol. The van der Waals surface area contributed by atoms with Crippen molar-refractivity contribution >= 4 is 17.5 Å². The van der Waals surface area contributed by atoms with Crippen LogP contribution in [0.5, 0.6) is 0 Å². The number of hydrogen-bond acceptors (Lipinski definition) is 8. The highest BCUT2D eigenvalue weighted by atomic mass is 16.5. The van der Waals surface area contributed by atoms with E-state index in [1.165, 1.54) is 6.33 Å². The van der Waals surface area contributed by atoms with Crippen molar-refractivity contribution in [3.05, 3.63) is 24.8 Å². The van der Waals surface area contributed by atoms with Gasteiger partial charge in [-0.25, -0.2) is 25.4 Å². The van der Waals surface area contributed by atoms with E-state index in [-0.39, 0.29) is 5.91 Å². The number of carbonyl (C=O) groups is 1. The first kappa shape index (κ1) is 19.5. The second-order valence-corrected chi connectivity index (χ2v) is 6.04. The molecule has 2 rings (SSSR count). The minimum Gasteiger partial charge on any atom is -0.368 e. The Morgan fingerprint density at radius 1 is 1.08 bits per heavy atom. The van der Waals surface area contributed by atoms with Crippen molar-refractivity contribution in [1.29, 1.82) is 0 Å². The molecule has 0 aliphatic carbocycles. The number of unbranched alkanes of at least 4 members (excludes halogenated alkanes) is 3. The number of hydrogen-bond donors (Lipinski definition) is 3. The molecule has 0 aliphatic heterocycles. The van der Waals surface area contributed by atoms with Gasteiger partial charge in [0.2, 0.25) is 5.91 Å². The van der Waals surface area contributed by atoms with Gasteiger partial charge >= 0.3 is 0 Å². The largest absolute Gasteiger partial charge is 0.368 e. The molecule has 0 spiro atoms. The monoisotopic (exact) mass is 359 g/mol. The predicted molar refractivity (Wildman–Crippen MR) is 98.9 cm³/mol. The average Bonchev–Trinajstić information content (AvgIpc) is 2.67. The van der Waals surface area contributed by atoms with Crippen LogP contribution in [0.15, 0.2) is 24.8 Å². The Morgan fingerprint density at radius 2 is 1.85 bits per heavy atom. The third-order valence-electron chi connectivity index (χ3n) is 3.80. The third kappa shape index (κ3) is 5.92. The van der Waals surface area contributed by atoms with Gasteiger partial charge in [0.1, 0.15) is 17.8 Å². The van der Waals surface area contributed by atoms with Crippen molar-refractivity contribution < 1.29 is 10.0 Å². The zero-order valence-corrected chi connectivity index (χ0v) is 15.1. The molecule has 2 aromatic rings. The molecule has 140 valence electrons. The van der Waals surface area contributed by atoms with Crippen LogP contribution in [0, 0.1) is 0 Å². The normalized spacial score (nSPS) is 10.4. The zero-order valence-electron chi connectivity index (χ0n) is 15.1. The molecule has 9 nitrogen and oxygen atoms in total. The highest BCUT2D eigenvalue weighted by Crippen LogP contribution is 2.23. The maximum atomic E-state index is 10.9. The van der Waals surface area contributed by atoms with Gasteiger partial charge in [-0.3, -0.25) is 10.0 Å². The van der Waals surface area contributed by atoms with Crippen LogP contribution >= 0.6 is 0 Å². The van der Waals surface area contributed by atoms with Crippen LogP contribution in [-0.4, -0.2) is 51.7 Å². The molecule has 2 aromatic heterocycles. The van der Waals surface area contributed by atoms with E-state index in [4.69, 9.17) is 5.21 Å². The summed E-state index contributed by atoms with van der Waals surface area (Å²) in [7, 11) is 3.85. The summed E-state index contributed by atoms with van der Waals surface area (Å²) in [5, 5.41) is 11.7. The molecule has 0 unspecified atom stereocenters. The summed E-state index contributed by atoms with van der Waals surface area (Å²) in [6.07, 6.45) is 8.78. The molecule has 0 aliphatic rings. The number of anilines is 2. The Hall–Kier alpha value is -2.81. The second kappa shape index (κ2) is 10.2. The number of nitrogens with one attached hydrogen (secondary N) is 2. The Balaban J connectivity index is 1.87. The lowest BCUT2D eigenvalue weighted by Crippen LogP contribution is -2.17. The summed E-state index contributed by atoms with van der Waals surface area (Å²) in [6.45, 7) is 0.753. The van der Waals surface area contributed by atoms with Gasteiger partial charge in [0.25, 0.3) is 0 Å². The summed E-state index contributed by atoms with van der Waals surface area (Å²) in [5.74, 6) is 1.16. The predicted octanol–water partition coefficient (Wildman–Crippen LogP) is 1.87. The van der Waals surface area contributed by atoms with Crippen LogP contribution in [-0.2, 0) is 4.79 Å². The van der Waals surface area contributed by atoms with Gasteiger partial charge in [0.05, 0.1) is 5.69 Å². The molecule has 1 amide bonds. The summed E-state index contributed by atoms with van der Waals surface area (Å²) in [6, 6.07) is 1.88. The number of hydroxylamine groups is 1. The molecule has 0 saturated carbocycles. The van der Waals surface area contributed by atoms with Crippen molar-refractivity contribution in [3.63, 3.8) is 0 Å². The minimum atomic E-state index is -0.339. The van der Waals surface area contributed by atoms with Gasteiger partial charge in [0, 0.05) is 45.5 Å². The summed E-state index contributed by atoms with van der Waals surface area (Å²) < 4.78 is 0. The summed E-state index contributed by atoms with van der Waals surface area (Å²) in [5.41, 5.74) is 3.05. The Bertz CT molecular complexity index is 709. The first-order valence-corrected chi connectivity index (χ1v) is 8.59. The molecular formula is C17H25N7O2. The lowest BCUT2D eigenvalue weighted by atomic mass is 10.1. The molecule has 9 heteroatoms. The molecule has 0 radical (unpaired) electrons. The first-order chi connectivity index (χ1) is 12.6. The van der Waals surface area contributed by atoms with Gasteiger partial charge in [-0.05, 0) is 12.8 Å². The quantitative estimate of drug-likeness (QED) is 0.334. The van der Waals surface area contributed by atoms with Crippen molar-refractivity contribution in [2.45, 2.75) is 32.1 Å². The summed E-state index contributed by atoms with van der Waals surface area (Å²) >= 11 is 0. The SMILES string of the molecule is CN(C)c1cc(-c2nccnc2NCCCCCCC(=O)NO)ncn1. The standard InChI is InChI=1S/C17H25N7O2/c1-24(2)14-11-13(21-12-22-14)16-17(20-10-9-18-16)19-8-6-4-3-5-7-15(25)23-26/h9-12,26H,3-8H2,1-2H3,(H,19,20)(H,23,25). The van der Waals surface area contributed by atoms with Crippen LogP contribution in [0.3, 0.4) is 0 Å². The van der Waals surface area contributed by atoms with Gasteiger partial charge in [0.15, 0.2) is 5.82 Å². The molecule has 0 aromatic carbocycles. The van der Waals surface area contributed by atoms with Crippen LogP contribution < -0.4 is 15.7 Å². The van der Waals surface area contributed by atoms with E-state index < -0.39 is 0 Å². The van der Waals surface area contributed by atoms with E-state index >= 15 is 0 Å². The number of aromatic nitrogens is 4. The molecule has 0 atom stereocenters. The van der Waals surface area contributed by atoms with Crippen LogP contribution in [0.4, 0.5) is 11.6 Å².